The van der Waals surface area contributed by atoms with Crippen LogP contribution in [0.5, 0.6) is 0 Å². The van der Waals surface area contributed by atoms with Crippen molar-refractivity contribution in [1.29, 1.82) is 0 Å². The number of carboxylic acids is 1. The van der Waals surface area contributed by atoms with Gasteiger partial charge >= 0.3 is 5.97 Å². The number of hydrogen-bond acceptors (Lipinski definition) is 3. The van der Waals surface area contributed by atoms with Crippen LogP contribution in [-0.2, 0) is 4.79 Å². The Morgan fingerprint density at radius 2 is 2.36 bits per heavy atom. The fourth-order valence-corrected chi connectivity index (χ4v) is 3.22. The molecule has 0 radical (unpaired) electrons. The van der Waals surface area contributed by atoms with Gasteiger partial charge in [0.1, 0.15) is 5.41 Å². The molecule has 1 fully saturated rings. The minimum Gasteiger partial charge on any atom is -0.481 e. The molecule has 1 heterocycles. The van der Waals surface area contributed by atoms with Crippen LogP contribution < -0.4 is 0 Å². The first-order valence-corrected chi connectivity index (χ1v) is 6.28. The van der Waals surface area contributed by atoms with E-state index in [0.29, 0.717) is 18.6 Å². The molecule has 0 aromatic heterocycles. The fourth-order valence-electron chi connectivity index (χ4n) is 1.86. The maximum Gasteiger partial charge on any atom is 0.313 e. The van der Waals surface area contributed by atoms with Crippen LogP contribution in [0.1, 0.15) is 32.6 Å². The highest BCUT2D eigenvalue weighted by molar-refractivity contribution is 7.99. The Labute approximate surface area is 88.9 Å². The van der Waals surface area contributed by atoms with E-state index in [1.165, 1.54) is 0 Å². The molecule has 0 aromatic rings. The van der Waals surface area contributed by atoms with Gasteiger partial charge in [0.25, 0.3) is 0 Å². The topological polar surface area (TPSA) is 57.5 Å². The average molecular weight is 218 g/mol. The third kappa shape index (κ3) is 2.23. The standard InChI is InChI=1S/C10H18O3S/c1-2-3-5-10(9(12)13)7-14-6-4-8(10)11/h8,11H,2-7H2,1H3,(H,12,13). The minimum atomic E-state index is -0.876. The van der Waals surface area contributed by atoms with Crippen LogP contribution in [0.15, 0.2) is 0 Å². The van der Waals surface area contributed by atoms with Crippen molar-refractivity contribution in [3.8, 4) is 0 Å². The van der Waals surface area contributed by atoms with Gasteiger partial charge in [-0.1, -0.05) is 19.8 Å². The average Bonchev–Trinajstić information content (AvgIpc) is 2.16. The summed E-state index contributed by atoms with van der Waals surface area (Å²) >= 11 is 1.64. The Morgan fingerprint density at radius 1 is 1.64 bits per heavy atom. The van der Waals surface area contributed by atoms with Crippen LogP contribution in [0, 0.1) is 5.41 Å². The van der Waals surface area contributed by atoms with Gasteiger partial charge in [-0.15, -0.1) is 0 Å². The summed E-state index contributed by atoms with van der Waals surface area (Å²) in [5.74, 6) is 0.608. The van der Waals surface area contributed by atoms with Gasteiger partial charge in [0.05, 0.1) is 6.10 Å². The molecule has 0 aromatic carbocycles. The van der Waals surface area contributed by atoms with Crippen molar-refractivity contribution in [2.24, 2.45) is 5.41 Å². The predicted molar refractivity (Wildman–Crippen MR) is 57.5 cm³/mol. The molecule has 82 valence electrons. The molecule has 2 atom stereocenters. The molecule has 0 spiro atoms. The van der Waals surface area contributed by atoms with Gasteiger partial charge in [-0.05, 0) is 18.6 Å². The molecule has 2 N–H and O–H groups in total. The molecule has 0 saturated carbocycles. The molecule has 2 unspecified atom stereocenters. The molecule has 3 nitrogen and oxygen atoms in total. The second-order valence-electron chi connectivity index (χ2n) is 3.92. The maximum atomic E-state index is 11.2. The van der Waals surface area contributed by atoms with Crippen LogP contribution >= 0.6 is 11.8 Å². The summed E-state index contributed by atoms with van der Waals surface area (Å²) < 4.78 is 0. The summed E-state index contributed by atoms with van der Waals surface area (Å²) in [6, 6.07) is 0. The van der Waals surface area contributed by atoms with Crippen LogP contribution in [0.25, 0.3) is 0 Å². The lowest BCUT2D eigenvalue weighted by molar-refractivity contribution is -0.155. The number of thioether (sulfide) groups is 1. The first-order valence-electron chi connectivity index (χ1n) is 5.12. The summed E-state index contributed by atoms with van der Waals surface area (Å²) in [5, 5.41) is 19.0. The van der Waals surface area contributed by atoms with E-state index in [-0.39, 0.29) is 0 Å². The molecule has 14 heavy (non-hydrogen) atoms. The van der Waals surface area contributed by atoms with E-state index >= 15 is 0 Å². The van der Waals surface area contributed by atoms with E-state index in [2.05, 4.69) is 0 Å². The third-order valence-electron chi connectivity index (χ3n) is 2.94. The van der Waals surface area contributed by atoms with Crippen LogP contribution in [-0.4, -0.2) is 33.8 Å². The highest BCUT2D eigenvalue weighted by Crippen LogP contribution is 2.39. The van der Waals surface area contributed by atoms with E-state index in [1.54, 1.807) is 11.8 Å². The molecule has 0 aliphatic carbocycles. The summed E-state index contributed by atoms with van der Waals surface area (Å²) in [7, 11) is 0. The first-order chi connectivity index (χ1) is 6.63. The number of carbonyl (C=O) groups is 1. The van der Waals surface area contributed by atoms with Gasteiger partial charge in [0.15, 0.2) is 0 Å². The molecule has 1 rings (SSSR count). The number of aliphatic hydroxyl groups is 1. The molecular formula is C10H18O3S. The smallest absolute Gasteiger partial charge is 0.313 e. The van der Waals surface area contributed by atoms with Crippen molar-refractivity contribution in [1.82, 2.24) is 0 Å². The van der Waals surface area contributed by atoms with E-state index < -0.39 is 17.5 Å². The Morgan fingerprint density at radius 3 is 2.86 bits per heavy atom. The molecule has 1 aliphatic rings. The number of rotatable bonds is 4. The summed E-state index contributed by atoms with van der Waals surface area (Å²) in [6.07, 6.45) is 2.41. The van der Waals surface area contributed by atoms with Gasteiger partial charge in [0.2, 0.25) is 0 Å². The van der Waals surface area contributed by atoms with Gasteiger partial charge in [0, 0.05) is 5.75 Å². The Hall–Kier alpha value is -0.220. The van der Waals surface area contributed by atoms with E-state index in [0.717, 1.165) is 18.6 Å². The van der Waals surface area contributed by atoms with Crippen molar-refractivity contribution in [2.45, 2.75) is 38.7 Å². The first kappa shape index (κ1) is 11.9. The zero-order valence-electron chi connectivity index (χ0n) is 8.53. The molecule has 0 amide bonds. The SMILES string of the molecule is CCCCC1(C(=O)O)CSCCC1O. The number of aliphatic hydroxyl groups excluding tert-OH is 1. The summed E-state index contributed by atoms with van der Waals surface area (Å²) in [4.78, 5) is 11.2. The maximum absolute atomic E-state index is 11.2. The van der Waals surface area contributed by atoms with Crippen molar-refractivity contribution < 1.29 is 15.0 Å². The number of hydrogen-bond donors (Lipinski definition) is 2. The lowest BCUT2D eigenvalue weighted by Gasteiger charge is -2.37. The zero-order valence-corrected chi connectivity index (χ0v) is 9.35. The van der Waals surface area contributed by atoms with Crippen molar-refractivity contribution in [3.05, 3.63) is 0 Å². The summed E-state index contributed by atoms with van der Waals surface area (Å²) in [6.45, 7) is 2.04. The predicted octanol–water partition coefficient (Wildman–Crippen LogP) is 1.75. The van der Waals surface area contributed by atoms with Crippen molar-refractivity contribution in [2.75, 3.05) is 11.5 Å². The highest BCUT2D eigenvalue weighted by atomic mass is 32.2. The number of carboxylic acid groups (broad SMARTS) is 1. The largest absolute Gasteiger partial charge is 0.481 e. The van der Waals surface area contributed by atoms with Gasteiger partial charge in [-0.2, -0.15) is 11.8 Å². The normalized spacial score (nSPS) is 32.9. The van der Waals surface area contributed by atoms with Gasteiger partial charge < -0.3 is 10.2 Å². The Kier molecular flexibility index (Phi) is 4.26. The lowest BCUT2D eigenvalue weighted by Crippen LogP contribution is -2.47. The summed E-state index contributed by atoms with van der Waals surface area (Å²) in [5.41, 5.74) is -0.876. The van der Waals surface area contributed by atoms with Gasteiger partial charge in [-0.3, -0.25) is 4.79 Å². The number of unbranched alkanes of at least 4 members (excludes halogenated alkanes) is 1. The van der Waals surface area contributed by atoms with Gasteiger partial charge in [-0.25, -0.2) is 0 Å². The van der Waals surface area contributed by atoms with Crippen molar-refractivity contribution in [3.63, 3.8) is 0 Å². The lowest BCUT2D eigenvalue weighted by atomic mass is 9.78. The molecular weight excluding hydrogens is 200 g/mol. The second kappa shape index (κ2) is 5.03. The quantitative estimate of drug-likeness (QED) is 0.754. The molecule has 1 aliphatic heterocycles. The van der Waals surface area contributed by atoms with Crippen LogP contribution in [0.3, 0.4) is 0 Å². The third-order valence-corrected chi connectivity index (χ3v) is 4.18. The van der Waals surface area contributed by atoms with E-state index in [4.69, 9.17) is 0 Å². The van der Waals surface area contributed by atoms with Crippen LogP contribution in [0.2, 0.25) is 0 Å². The Bertz CT molecular complexity index is 208. The minimum absolute atomic E-state index is 0.559. The van der Waals surface area contributed by atoms with Crippen molar-refractivity contribution >= 4 is 17.7 Å². The Balaban J connectivity index is 2.72. The highest BCUT2D eigenvalue weighted by Gasteiger charge is 2.46. The monoisotopic (exact) mass is 218 g/mol. The molecule has 0 bridgehead atoms. The zero-order chi connectivity index (χ0) is 10.6. The van der Waals surface area contributed by atoms with E-state index in [9.17, 15) is 15.0 Å². The number of aliphatic carboxylic acids is 1. The van der Waals surface area contributed by atoms with E-state index in [1.807, 2.05) is 6.92 Å². The fraction of sp³-hybridized carbons (Fsp3) is 0.900. The van der Waals surface area contributed by atoms with Crippen LogP contribution in [0.4, 0.5) is 0 Å². The molecule has 4 heteroatoms. The molecule has 1 saturated heterocycles. The second-order valence-corrected chi connectivity index (χ2v) is 5.03.